The number of benzene rings is 1. The minimum absolute atomic E-state index is 0.328. The van der Waals surface area contributed by atoms with Crippen LogP contribution in [0.3, 0.4) is 0 Å². The van der Waals surface area contributed by atoms with Crippen LogP contribution < -0.4 is 4.74 Å². The minimum Gasteiger partial charge on any atom is -0.455 e. The molecule has 1 aromatic carbocycles. The maximum Gasteiger partial charge on any atom is 0.146 e. The summed E-state index contributed by atoms with van der Waals surface area (Å²) >= 11 is 17.6. The molecule has 0 saturated heterocycles. The zero-order valence-electron chi connectivity index (χ0n) is 8.66. The van der Waals surface area contributed by atoms with Crippen molar-refractivity contribution in [2.45, 2.75) is 5.88 Å². The van der Waals surface area contributed by atoms with Crippen molar-refractivity contribution < 1.29 is 4.74 Å². The highest BCUT2D eigenvalue weighted by atomic mass is 35.5. The van der Waals surface area contributed by atoms with Gasteiger partial charge in [-0.3, -0.25) is 4.98 Å². The van der Waals surface area contributed by atoms with Crippen LogP contribution in [0.4, 0.5) is 0 Å². The maximum atomic E-state index is 6.02. The first-order valence-corrected chi connectivity index (χ1v) is 6.11. The van der Waals surface area contributed by atoms with Gasteiger partial charge in [0.25, 0.3) is 0 Å². The van der Waals surface area contributed by atoms with Crippen molar-refractivity contribution >= 4 is 34.8 Å². The number of alkyl halides is 1. The highest BCUT2D eigenvalue weighted by Crippen LogP contribution is 2.33. The van der Waals surface area contributed by atoms with E-state index in [1.807, 2.05) is 0 Å². The number of halogens is 3. The summed E-state index contributed by atoms with van der Waals surface area (Å²) in [5.74, 6) is 1.50. The smallest absolute Gasteiger partial charge is 0.146 e. The molecule has 0 aliphatic rings. The molecule has 0 aliphatic heterocycles. The zero-order valence-corrected chi connectivity index (χ0v) is 10.9. The molecule has 0 N–H and O–H groups in total. The summed E-state index contributed by atoms with van der Waals surface area (Å²) in [5.41, 5.74) is 0.806. The van der Waals surface area contributed by atoms with E-state index in [4.69, 9.17) is 39.5 Å². The van der Waals surface area contributed by atoms with Gasteiger partial charge in [0.15, 0.2) is 0 Å². The molecule has 1 aromatic heterocycles. The molecule has 0 saturated carbocycles. The van der Waals surface area contributed by atoms with Crippen LogP contribution in [0.5, 0.6) is 11.5 Å². The predicted octanol–water partition coefficient (Wildman–Crippen LogP) is 4.92. The van der Waals surface area contributed by atoms with Crippen molar-refractivity contribution in [3.8, 4) is 11.5 Å². The molecule has 0 bridgehead atoms. The molecule has 0 aliphatic carbocycles. The van der Waals surface area contributed by atoms with Crippen LogP contribution in [0, 0.1) is 0 Å². The molecule has 17 heavy (non-hydrogen) atoms. The molecular weight excluding hydrogens is 280 g/mol. The Morgan fingerprint density at radius 2 is 1.94 bits per heavy atom. The number of nitrogens with zero attached hydrogens (tertiary/aromatic N) is 1. The van der Waals surface area contributed by atoms with Crippen molar-refractivity contribution in [2.75, 3.05) is 0 Å². The van der Waals surface area contributed by atoms with Crippen LogP contribution >= 0.6 is 34.8 Å². The summed E-state index contributed by atoms with van der Waals surface area (Å²) in [6.07, 6.45) is 3.29. The summed E-state index contributed by atoms with van der Waals surface area (Å²) in [5, 5.41) is 1.02. The van der Waals surface area contributed by atoms with Gasteiger partial charge in [0.1, 0.15) is 11.5 Å². The van der Waals surface area contributed by atoms with Gasteiger partial charge in [-0.2, -0.15) is 0 Å². The monoisotopic (exact) mass is 287 g/mol. The first-order chi connectivity index (χ1) is 8.20. The largest absolute Gasteiger partial charge is 0.455 e. The zero-order chi connectivity index (χ0) is 12.3. The second kappa shape index (κ2) is 5.58. The summed E-state index contributed by atoms with van der Waals surface area (Å²) < 4.78 is 5.67. The van der Waals surface area contributed by atoms with Crippen LogP contribution in [0.2, 0.25) is 10.0 Å². The summed E-state index contributed by atoms with van der Waals surface area (Å²) in [6.45, 7) is 0. The van der Waals surface area contributed by atoms with Gasteiger partial charge in [-0.1, -0.05) is 23.2 Å². The van der Waals surface area contributed by atoms with E-state index in [-0.39, 0.29) is 0 Å². The van der Waals surface area contributed by atoms with Crippen molar-refractivity contribution in [1.82, 2.24) is 4.98 Å². The van der Waals surface area contributed by atoms with E-state index in [9.17, 15) is 0 Å². The SMILES string of the molecule is ClCc1cnccc1Oc1ccc(Cl)cc1Cl. The van der Waals surface area contributed by atoms with E-state index in [1.165, 1.54) is 0 Å². The Morgan fingerprint density at radius 1 is 1.12 bits per heavy atom. The maximum absolute atomic E-state index is 6.02. The molecule has 0 amide bonds. The van der Waals surface area contributed by atoms with Crippen LogP contribution in [0.1, 0.15) is 5.56 Å². The first-order valence-electron chi connectivity index (χ1n) is 4.82. The fourth-order valence-electron chi connectivity index (χ4n) is 1.29. The Kier molecular flexibility index (Phi) is 4.11. The van der Waals surface area contributed by atoms with Crippen molar-refractivity contribution in [1.29, 1.82) is 0 Å². The molecule has 0 radical (unpaired) electrons. The van der Waals surface area contributed by atoms with Gasteiger partial charge in [0.2, 0.25) is 0 Å². The molecule has 2 aromatic rings. The van der Waals surface area contributed by atoms with Gasteiger partial charge < -0.3 is 4.74 Å². The molecule has 1 heterocycles. The first kappa shape index (κ1) is 12.5. The Bertz CT molecular complexity index is 531. The van der Waals surface area contributed by atoms with E-state index in [2.05, 4.69) is 4.98 Å². The predicted molar refractivity (Wildman–Crippen MR) is 70.3 cm³/mol. The topological polar surface area (TPSA) is 22.1 Å². The molecule has 2 nitrogen and oxygen atoms in total. The summed E-state index contributed by atoms with van der Waals surface area (Å²) in [7, 11) is 0. The Hall–Kier alpha value is -0.960. The van der Waals surface area contributed by atoms with Crippen LogP contribution in [0.25, 0.3) is 0 Å². The average Bonchev–Trinajstić information content (AvgIpc) is 2.33. The number of rotatable bonds is 3. The third-order valence-corrected chi connectivity index (χ3v) is 2.94. The van der Waals surface area contributed by atoms with E-state index in [0.717, 1.165) is 5.56 Å². The van der Waals surface area contributed by atoms with E-state index < -0.39 is 0 Å². The molecule has 0 atom stereocenters. The van der Waals surface area contributed by atoms with Gasteiger partial charge in [0.05, 0.1) is 10.9 Å². The molecule has 5 heteroatoms. The van der Waals surface area contributed by atoms with Gasteiger partial charge in [-0.05, 0) is 24.3 Å². The lowest BCUT2D eigenvalue weighted by molar-refractivity contribution is 0.477. The van der Waals surface area contributed by atoms with Gasteiger partial charge in [-0.25, -0.2) is 0 Å². The Morgan fingerprint density at radius 3 is 2.65 bits per heavy atom. The Balaban J connectivity index is 2.31. The van der Waals surface area contributed by atoms with E-state index in [1.54, 1.807) is 36.7 Å². The third kappa shape index (κ3) is 3.03. The quantitative estimate of drug-likeness (QED) is 0.748. The van der Waals surface area contributed by atoms with Crippen molar-refractivity contribution in [3.05, 3.63) is 52.3 Å². The van der Waals surface area contributed by atoms with Gasteiger partial charge in [0, 0.05) is 23.0 Å². The second-order valence-electron chi connectivity index (χ2n) is 3.29. The fraction of sp³-hybridized carbons (Fsp3) is 0.0833. The van der Waals surface area contributed by atoms with Gasteiger partial charge in [-0.15, -0.1) is 11.6 Å². The lowest BCUT2D eigenvalue weighted by atomic mass is 10.3. The average molecular weight is 289 g/mol. The fourth-order valence-corrected chi connectivity index (χ4v) is 1.94. The van der Waals surface area contributed by atoms with Crippen molar-refractivity contribution in [3.63, 3.8) is 0 Å². The number of hydrogen-bond donors (Lipinski definition) is 0. The third-order valence-electron chi connectivity index (χ3n) is 2.12. The number of pyridine rings is 1. The van der Waals surface area contributed by atoms with E-state index >= 15 is 0 Å². The lowest BCUT2D eigenvalue weighted by Crippen LogP contribution is -1.91. The standard InChI is InChI=1S/C12H8Cl3NO/c13-6-8-7-16-4-3-11(8)17-12-2-1-9(14)5-10(12)15/h1-5,7H,6H2. The molecular formula is C12H8Cl3NO. The summed E-state index contributed by atoms with van der Waals surface area (Å²) in [6, 6.07) is 6.79. The molecule has 0 spiro atoms. The minimum atomic E-state index is 0.328. The number of hydrogen-bond acceptors (Lipinski definition) is 2. The van der Waals surface area contributed by atoms with Crippen LogP contribution in [-0.4, -0.2) is 4.98 Å². The number of aromatic nitrogens is 1. The normalized spacial score (nSPS) is 10.3. The van der Waals surface area contributed by atoms with E-state index in [0.29, 0.717) is 27.4 Å². The second-order valence-corrected chi connectivity index (χ2v) is 4.40. The molecule has 0 fully saturated rings. The number of ether oxygens (including phenoxy) is 1. The molecule has 2 rings (SSSR count). The van der Waals surface area contributed by atoms with Crippen molar-refractivity contribution in [2.24, 2.45) is 0 Å². The highest BCUT2D eigenvalue weighted by Gasteiger charge is 2.07. The lowest BCUT2D eigenvalue weighted by Gasteiger charge is -2.10. The van der Waals surface area contributed by atoms with Crippen LogP contribution in [0.15, 0.2) is 36.7 Å². The Labute approximate surface area is 114 Å². The molecule has 88 valence electrons. The molecule has 0 unspecified atom stereocenters. The van der Waals surface area contributed by atoms with Crippen LogP contribution in [-0.2, 0) is 5.88 Å². The highest BCUT2D eigenvalue weighted by molar-refractivity contribution is 6.35. The summed E-state index contributed by atoms with van der Waals surface area (Å²) in [4.78, 5) is 3.98. The van der Waals surface area contributed by atoms with Gasteiger partial charge >= 0.3 is 0 Å².